The predicted octanol–water partition coefficient (Wildman–Crippen LogP) is -0.704. The number of imidazole rings is 1. The molecule has 8 N–H and O–H groups in total. The van der Waals surface area contributed by atoms with Crippen LogP contribution in [0.3, 0.4) is 0 Å². The minimum absolute atomic E-state index is 0.0314. The molecule has 12 nitrogen and oxygen atoms in total. The summed E-state index contributed by atoms with van der Waals surface area (Å²) in [5, 5.41) is 26.1. The van der Waals surface area contributed by atoms with Gasteiger partial charge < -0.3 is 36.9 Å². The van der Waals surface area contributed by atoms with Crippen LogP contribution in [0.25, 0.3) is 0 Å². The van der Waals surface area contributed by atoms with Gasteiger partial charge in [-0.25, -0.2) is 9.78 Å². The van der Waals surface area contributed by atoms with Gasteiger partial charge in [-0.3, -0.25) is 14.4 Å². The quantitative estimate of drug-likeness (QED) is 0.140. The van der Waals surface area contributed by atoms with Crippen molar-refractivity contribution in [3.63, 3.8) is 0 Å². The molecule has 1 aromatic heterocycles. The van der Waals surface area contributed by atoms with Crippen molar-refractivity contribution in [3.8, 4) is 0 Å². The summed E-state index contributed by atoms with van der Waals surface area (Å²) in [4.78, 5) is 57.5. The van der Waals surface area contributed by atoms with E-state index in [-0.39, 0.29) is 19.3 Å². The number of H-pyrrole nitrogens is 1. The fourth-order valence-electron chi connectivity index (χ4n) is 3.85. The van der Waals surface area contributed by atoms with E-state index in [9.17, 15) is 29.4 Å². The third-order valence-electron chi connectivity index (χ3n) is 5.96. The highest BCUT2D eigenvalue weighted by Crippen LogP contribution is 2.07. The Morgan fingerprint density at radius 2 is 1.28 bits per heavy atom. The first-order chi connectivity index (χ1) is 18.8. The van der Waals surface area contributed by atoms with Crippen molar-refractivity contribution in [2.24, 2.45) is 5.73 Å². The van der Waals surface area contributed by atoms with Gasteiger partial charge in [-0.1, -0.05) is 60.7 Å². The van der Waals surface area contributed by atoms with Crippen LogP contribution in [-0.4, -0.2) is 74.6 Å². The number of aliphatic hydroxyl groups excluding tert-OH is 1. The molecule has 0 fully saturated rings. The van der Waals surface area contributed by atoms with Gasteiger partial charge >= 0.3 is 5.97 Å². The number of aliphatic hydroxyl groups is 1. The largest absolute Gasteiger partial charge is 0.480 e. The standard InChI is InChI=1S/C27H32N6O6/c28-20(11-17-7-3-1-4-8-17)24(35)31-22(13-19-14-29-16-30-19)26(37)32-21(12-18-9-5-2-6-10-18)25(36)33-23(15-34)27(38)39/h1-10,14,16,20-23,34H,11-13,15,28H2,(H,29,30)(H,31,35)(H,32,37)(H,33,36)(H,38,39). The lowest BCUT2D eigenvalue weighted by Gasteiger charge is -2.25. The van der Waals surface area contributed by atoms with Crippen molar-refractivity contribution in [1.29, 1.82) is 0 Å². The monoisotopic (exact) mass is 536 g/mol. The third kappa shape index (κ3) is 9.05. The second-order valence-corrected chi connectivity index (χ2v) is 8.97. The number of nitrogens with zero attached hydrogens (tertiary/aromatic N) is 1. The van der Waals surface area contributed by atoms with E-state index in [0.717, 1.165) is 5.56 Å². The van der Waals surface area contributed by atoms with E-state index in [1.165, 1.54) is 12.5 Å². The Labute approximate surface area is 225 Å². The molecule has 0 aliphatic carbocycles. The van der Waals surface area contributed by atoms with E-state index in [2.05, 4.69) is 25.9 Å². The molecule has 0 spiro atoms. The number of aromatic nitrogens is 2. The van der Waals surface area contributed by atoms with E-state index >= 15 is 0 Å². The van der Waals surface area contributed by atoms with Gasteiger partial charge in [-0.2, -0.15) is 0 Å². The highest BCUT2D eigenvalue weighted by Gasteiger charge is 2.30. The predicted molar refractivity (Wildman–Crippen MR) is 141 cm³/mol. The van der Waals surface area contributed by atoms with Crippen LogP contribution in [0, 0.1) is 0 Å². The van der Waals surface area contributed by atoms with Gasteiger partial charge in [-0.05, 0) is 17.5 Å². The van der Waals surface area contributed by atoms with Gasteiger partial charge in [0.05, 0.1) is 19.0 Å². The summed E-state index contributed by atoms with van der Waals surface area (Å²) >= 11 is 0. The third-order valence-corrected chi connectivity index (χ3v) is 5.96. The molecule has 3 rings (SSSR count). The van der Waals surface area contributed by atoms with Crippen molar-refractivity contribution in [2.75, 3.05) is 6.61 Å². The first-order valence-electron chi connectivity index (χ1n) is 12.3. The lowest BCUT2D eigenvalue weighted by Crippen LogP contribution is -2.58. The number of carboxylic acids is 1. The highest BCUT2D eigenvalue weighted by molar-refractivity contribution is 5.94. The molecule has 0 bridgehead atoms. The number of carbonyl (C=O) groups excluding carboxylic acids is 3. The zero-order valence-electron chi connectivity index (χ0n) is 21.1. The lowest BCUT2D eigenvalue weighted by molar-refractivity contribution is -0.143. The molecule has 3 aromatic rings. The molecule has 0 aliphatic rings. The number of hydrogen-bond acceptors (Lipinski definition) is 7. The number of carboxylic acid groups (broad SMARTS) is 1. The number of aliphatic carboxylic acids is 1. The zero-order chi connectivity index (χ0) is 28.2. The Morgan fingerprint density at radius 1 is 0.769 bits per heavy atom. The van der Waals surface area contributed by atoms with E-state index in [4.69, 9.17) is 5.73 Å². The smallest absolute Gasteiger partial charge is 0.328 e. The molecule has 2 aromatic carbocycles. The van der Waals surface area contributed by atoms with Crippen molar-refractivity contribution >= 4 is 23.7 Å². The molecule has 12 heteroatoms. The van der Waals surface area contributed by atoms with E-state index < -0.39 is 54.5 Å². The number of hydrogen-bond donors (Lipinski definition) is 7. The summed E-state index contributed by atoms with van der Waals surface area (Å²) in [7, 11) is 0. The molecule has 0 saturated carbocycles. The number of rotatable bonds is 14. The van der Waals surface area contributed by atoms with Crippen molar-refractivity contribution in [2.45, 2.75) is 43.4 Å². The van der Waals surface area contributed by atoms with Crippen LogP contribution in [0.5, 0.6) is 0 Å². The van der Waals surface area contributed by atoms with E-state index in [1.54, 1.807) is 30.3 Å². The second kappa shape index (κ2) is 14.4. The number of carbonyl (C=O) groups is 4. The van der Waals surface area contributed by atoms with Crippen molar-refractivity contribution in [1.82, 2.24) is 25.9 Å². The fourth-order valence-corrected chi connectivity index (χ4v) is 3.85. The van der Waals surface area contributed by atoms with Crippen LogP contribution in [0.2, 0.25) is 0 Å². The first-order valence-corrected chi connectivity index (χ1v) is 12.3. The summed E-state index contributed by atoms with van der Waals surface area (Å²) in [6.45, 7) is -0.828. The SMILES string of the molecule is NC(Cc1ccccc1)C(=O)NC(Cc1cnc[nH]1)C(=O)NC(Cc1ccccc1)C(=O)NC(CO)C(=O)O. The molecular weight excluding hydrogens is 504 g/mol. The Bertz CT molecular complexity index is 1220. The Morgan fingerprint density at radius 3 is 1.79 bits per heavy atom. The van der Waals surface area contributed by atoms with Crippen LogP contribution in [-0.2, 0) is 38.4 Å². The van der Waals surface area contributed by atoms with Crippen LogP contribution >= 0.6 is 0 Å². The Hall–Kier alpha value is -4.55. The topological polar surface area (TPSA) is 200 Å². The number of aromatic amines is 1. The van der Waals surface area contributed by atoms with E-state index in [1.807, 2.05) is 30.3 Å². The molecule has 39 heavy (non-hydrogen) atoms. The number of benzene rings is 2. The average Bonchev–Trinajstić information content (AvgIpc) is 3.45. The molecular formula is C27H32N6O6. The van der Waals surface area contributed by atoms with Gasteiger partial charge in [0, 0.05) is 24.7 Å². The summed E-state index contributed by atoms with van der Waals surface area (Å²) in [5.41, 5.74) is 8.23. The maximum absolute atomic E-state index is 13.4. The summed E-state index contributed by atoms with van der Waals surface area (Å²) in [6.07, 6.45) is 3.25. The lowest BCUT2D eigenvalue weighted by atomic mass is 10.0. The number of nitrogens with one attached hydrogen (secondary N) is 4. The number of nitrogens with two attached hydrogens (primary N) is 1. The van der Waals surface area contributed by atoms with Gasteiger partial charge in [-0.15, -0.1) is 0 Å². The minimum Gasteiger partial charge on any atom is -0.480 e. The average molecular weight is 537 g/mol. The molecule has 0 radical (unpaired) electrons. The molecule has 1 heterocycles. The summed E-state index contributed by atoms with van der Waals surface area (Å²) < 4.78 is 0. The molecule has 4 unspecified atom stereocenters. The van der Waals surface area contributed by atoms with Crippen molar-refractivity contribution in [3.05, 3.63) is 90.0 Å². The normalized spacial score (nSPS) is 13.9. The molecule has 0 saturated heterocycles. The Balaban J connectivity index is 1.78. The zero-order valence-corrected chi connectivity index (χ0v) is 21.1. The van der Waals surface area contributed by atoms with Crippen LogP contribution < -0.4 is 21.7 Å². The van der Waals surface area contributed by atoms with Gasteiger partial charge in [0.1, 0.15) is 18.1 Å². The molecule has 4 atom stereocenters. The summed E-state index contributed by atoms with van der Waals surface area (Å²) in [6, 6.07) is 13.2. The maximum Gasteiger partial charge on any atom is 0.328 e. The van der Waals surface area contributed by atoms with Gasteiger partial charge in [0.25, 0.3) is 0 Å². The summed E-state index contributed by atoms with van der Waals surface area (Å²) in [5.74, 6) is -3.47. The molecule has 3 amide bonds. The second-order valence-electron chi connectivity index (χ2n) is 8.97. The van der Waals surface area contributed by atoms with Crippen LogP contribution in [0.4, 0.5) is 0 Å². The Kier molecular flexibility index (Phi) is 10.7. The number of amides is 3. The van der Waals surface area contributed by atoms with Crippen molar-refractivity contribution < 1.29 is 29.4 Å². The maximum atomic E-state index is 13.4. The van der Waals surface area contributed by atoms with Gasteiger partial charge in [0.2, 0.25) is 17.7 Å². The van der Waals surface area contributed by atoms with Crippen LogP contribution in [0.15, 0.2) is 73.2 Å². The van der Waals surface area contributed by atoms with E-state index in [0.29, 0.717) is 11.3 Å². The highest BCUT2D eigenvalue weighted by atomic mass is 16.4. The molecule has 0 aliphatic heterocycles. The fraction of sp³-hybridized carbons (Fsp3) is 0.296. The van der Waals surface area contributed by atoms with Gasteiger partial charge in [0.15, 0.2) is 0 Å². The van der Waals surface area contributed by atoms with Crippen LogP contribution in [0.1, 0.15) is 16.8 Å². The minimum atomic E-state index is -1.55. The molecule has 206 valence electrons. The first kappa shape index (κ1) is 29.0.